The van der Waals surface area contributed by atoms with Gasteiger partial charge in [-0.3, -0.25) is 0 Å². The van der Waals surface area contributed by atoms with E-state index in [1.807, 2.05) is 97.1 Å². The van der Waals surface area contributed by atoms with Crippen LogP contribution in [0.4, 0.5) is 0 Å². The Morgan fingerprint density at radius 2 is 0.578 bits per heavy atom. The van der Waals surface area contributed by atoms with E-state index < -0.39 is 16.5 Å². The van der Waals surface area contributed by atoms with Crippen LogP contribution in [0.1, 0.15) is 0 Å². The minimum Gasteiger partial charge on any atom is -0.324 e. The van der Waals surface area contributed by atoms with Gasteiger partial charge >= 0.3 is 29.8 Å². The Bertz CT molecular complexity index is 2440. The summed E-state index contributed by atoms with van der Waals surface area (Å²) in [6.07, 6.45) is 0. The van der Waals surface area contributed by atoms with Crippen LogP contribution in [-0.4, -0.2) is 39.9 Å². The van der Waals surface area contributed by atoms with E-state index in [4.69, 9.17) is 43.2 Å². The Balaban J connectivity index is 0.000000560. The molecule has 0 amide bonds. The first kappa shape index (κ1) is 26.8. The molecule has 0 radical (unpaired) electrons. The second-order valence-electron chi connectivity index (χ2n) is 10.3. The van der Waals surface area contributed by atoms with Crippen LogP contribution in [0.15, 0.2) is 97.1 Å². The number of nitrogens with one attached hydrogen (secondary N) is 2. The van der Waals surface area contributed by atoms with Crippen LogP contribution in [0.25, 0.3) is 89.7 Å². The molecule has 13 heteroatoms. The molecule has 7 aromatic rings. The molecule has 2 aliphatic heterocycles. The Hall–Kier alpha value is -5.85. The van der Waals surface area contributed by atoms with Crippen molar-refractivity contribution in [2.45, 2.75) is 0 Å². The van der Waals surface area contributed by atoms with Gasteiger partial charge in [-0.25, -0.2) is 29.9 Å². The molecule has 0 saturated carbocycles. The number of hydrogen-bond acceptors (Lipinski definition) is 10. The molecule has 2 aliphatic rings. The van der Waals surface area contributed by atoms with Gasteiger partial charge in [0.2, 0.25) is 0 Å². The molecule has 0 spiro atoms. The van der Waals surface area contributed by atoms with E-state index >= 15 is 0 Å². The van der Waals surface area contributed by atoms with Crippen LogP contribution in [0, 0.1) is 0 Å². The minimum absolute atomic E-state index is 0.597. The SMILES string of the molecule is [O]=[Ti](=[O])(=[O])=[O].c1ccc2c(c1)-c1nc-2nc2[nH]c(nc3nc(nc4[nH]c(n1)c1ccccc41)-c1ccccc1-3)c1ccccc21. The maximum atomic E-state index is 8.62. The molecule has 3 aromatic heterocycles. The Morgan fingerprint density at radius 1 is 0.356 bits per heavy atom. The molecular formula is C32H18N8O4Ti. The first-order valence-corrected chi connectivity index (χ1v) is 16.4. The fourth-order valence-corrected chi connectivity index (χ4v) is 5.59. The summed E-state index contributed by atoms with van der Waals surface area (Å²) in [4.78, 5) is 36.8. The number of rotatable bonds is 0. The third-order valence-corrected chi connectivity index (χ3v) is 7.46. The second kappa shape index (κ2) is 10.1. The smallest absolute Gasteiger partial charge is 0.164 e. The van der Waals surface area contributed by atoms with Gasteiger partial charge in [-0.1, -0.05) is 97.1 Å². The zero-order valence-corrected chi connectivity index (χ0v) is 24.6. The Kier molecular flexibility index (Phi) is 6.02. The molecule has 214 valence electrons. The monoisotopic (exact) mass is 626 g/mol. The van der Waals surface area contributed by atoms with Crippen LogP contribution < -0.4 is 0 Å². The normalized spacial score (nSPS) is 11.2. The van der Waals surface area contributed by atoms with E-state index in [1.165, 1.54) is 0 Å². The van der Waals surface area contributed by atoms with Gasteiger partial charge < -0.3 is 9.97 Å². The average Bonchev–Trinajstić information content (AvgIpc) is 3.76. The maximum absolute atomic E-state index is 8.62. The van der Waals surface area contributed by atoms with Crippen molar-refractivity contribution >= 4 is 44.1 Å². The number of aromatic amines is 2. The summed E-state index contributed by atoms with van der Waals surface area (Å²) < 4.78 is 34.5. The maximum Gasteiger partial charge on any atom is 0.164 e. The Morgan fingerprint density at radius 3 is 0.822 bits per heavy atom. The summed E-state index contributed by atoms with van der Waals surface area (Å²) >= 11 is -6.00. The molecule has 0 fully saturated rings. The number of hydrogen-bond donors (Lipinski definition) is 2. The quantitative estimate of drug-likeness (QED) is 0.179. The van der Waals surface area contributed by atoms with Gasteiger partial charge in [0.1, 0.15) is 22.6 Å². The van der Waals surface area contributed by atoms with Crippen molar-refractivity contribution in [1.82, 2.24) is 39.9 Å². The van der Waals surface area contributed by atoms with Crippen LogP contribution in [-0.2, 0) is 29.8 Å². The molecule has 0 unspecified atom stereocenters. The van der Waals surface area contributed by atoms with Crippen molar-refractivity contribution in [2.75, 3.05) is 0 Å². The summed E-state index contributed by atoms with van der Waals surface area (Å²) in [5.74, 6) is 2.39. The molecule has 0 atom stereocenters. The zero-order valence-electron chi connectivity index (χ0n) is 23.1. The van der Waals surface area contributed by atoms with E-state index in [1.54, 1.807) is 0 Å². The molecule has 5 heterocycles. The summed E-state index contributed by atoms with van der Waals surface area (Å²) in [5, 5.41) is 3.82. The summed E-state index contributed by atoms with van der Waals surface area (Å²) in [7, 11) is 0. The number of benzene rings is 4. The van der Waals surface area contributed by atoms with Gasteiger partial charge in [0.15, 0.2) is 23.3 Å². The third-order valence-electron chi connectivity index (χ3n) is 7.46. The molecule has 4 aromatic carbocycles. The summed E-state index contributed by atoms with van der Waals surface area (Å²) in [6.45, 7) is 0. The van der Waals surface area contributed by atoms with Crippen molar-refractivity contribution in [3.8, 4) is 45.6 Å². The standard InChI is InChI=1S/C32H18N8.4O.Ti/c1-2-10-18-17(9-1)25-33-26(18)38-28-21-13-5-6-14-22(21)30(35-28)40-32-24-16-8-7-15-23(24)31(36-32)39-29-20-12-4-3-11-19(20)27(34-29)37-25;;;;;/h1-16H,(H2,33,34,35,36,37,38,39,40);;;;;. The van der Waals surface area contributed by atoms with Crippen LogP contribution in [0.3, 0.4) is 0 Å². The number of fused-ring (bicyclic) bond motifs is 20. The van der Waals surface area contributed by atoms with Crippen molar-refractivity contribution < 1.29 is 29.8 Å². The molecule has 0 saturated heterocycles. The predicted molar refractivity (Wildman–Crippen MR) is 159 cm³/mol. The molecule has 8 bridgehead atoms. The minimum atomic E-state index is -6.00. The van der Waals surface area contributed by atoms with E-state index in [2.05, 4.69) is 9.97 Å². The van der Waals surface area contributed by atoms with E-state index in [-0.39, 0.29) is 0 Å². The van der Waals surface area contributed by atoms with Gasteiger partial charge in [0, 0.05) is 43.8 Å². The first-order valence-electron chi connectivity index (χ1n) is 13.8. The van der Waals surface area contributed by atoms with Crippen LogP contribution in [0.2, 0.25) is 0 Å². The van der Waals surface area contributed by atoms with Gasteiger partial charge in [-0.2, -0.15) is 0 Å². The summed E-state index contributed by atoms with van der Waals surface area (Å²) in [5.41, 5.74) is 6.45. The van der Waals surface area contributed by atoms with Crippen molar-refractivity contribution in [3.63, 3.8) is 0 Å². The van der Waals surface area contributed by atoms with Gasteiger partial charge in [-0.15, -0.1) is 0 Å². The number of nitrogens with zero attached hydrogens (tertiary/aromatic N) is 6. The molecule has 2 N–H and O–H groups in total. The summed E-state index contributed by atoms with van der Waals surface area (Å²) in [6, 6.07) is 32.2. The zero-order chi connectivity index (χ0) is 30.7. The third kappa shape index (κ3) is 4.78. The molecule has 0 aliphatic carbocycles. The van der Waals surface area contributed by atoms with E-state index in [0.717, 1.165) is 43.8 Å². The van der Waals surface area contributed by atoms with Crippen molar-refractivity contribution in [2.24, 2.45) is 0 Å². The van der Waals surface area contributed by atoms with E-state index in [0.29, 0.717) is 45.9 Å². The van der Waals surface area contributed by atoms with E-state index in [9.17, 15) is 0 Å². The number of aromatic nitrogens is 8. The Labute approximate surface area is 255 Å². The topological polar surface area (TPSA) is 177 Å². The van der Waals surface area contributed by atoms with Gasteiger partial charge in [-0.05, 0) is 0 Å². The van der Waals surface area contributed by atoms with Gasteiger partial charge in [0.05, 0.1) is 0 Å². The predicted octanol–water partition coefficient (Wildman–Crippen LogP) is 6.39. The van der Waals surface area contributed by atoms with Crippen LogP contribution >= 0.6 is 0 Å². The molecular weight excluding hydrogens is 608 g/mol. The fourth-order valence-electron chi connectivity index (χ4n) is 5.59. The van der Waals surface area contributed by atoms with Crippen LogP contribution in [0.5, 0.6) is 0 Å². The molecule has 45 heavy (non-hydrogen) atoms. The largest absolute Gasteiger partial charge is 0.324 e. The molecule has 9 rings (SSSR count). The number of H-pyrrole nitrogens is 2. The average molecular weight is 626 g/mol. The van der Waals surface area contributed by atoms with Gasteiger partial charge in [0.25, 0.3) is 0 Å². The van der Waals surface area contributed by atoms with Crippen molar-refractivity contribution in [3.05, 3.63) is 97.1 Å². The van der Waals surface area contributed by atoms with Crippen molar-refractivity contribution in [1.29, 1.82) is 0 Å². The first-order chi connectivity index (χ1) is 21.8. The molecule has 12 nitrogen and oxygen atoms in total. The fraction of sp³-hybridized carbons (Fsp3) is 0. The second-order valence-corrected chi connectivity index (χ2v) is 11.9.